The van der Waals surface area contributed by atoms with Crippen molar-refractivity contribution in [1.29, 1.82) is 0 Å². The van der Waals surface area contributed by atoms with Gasteiger partial charge >= 0.3 is 0 Å². The topological polar surface area (TPSA) is 93.0 Å². The molecule has 2 heterocycles. The molecule has 0 unspecified atom stereocenters. The summed E-state index contributed by atoms with van der Waals surface area (Å²) in [5.41, 5.74) is 0. The van der Waals surface area contributed by atoms with Gasteiger partial charge in [-0.05, 0) is 42.7 Å². The third-order valence-corrected chi connectivity index (χ3v) is 4.47. The molecular weight excluding hydrogens is 280 g/mol. The lowest BCUT2D eigenvalue weighted by Gasteiger charge is -2.32. The minimum Gasteiger partial charge on any atom is -0.294 e. The van der Waals surface area contributed by atoms with Crippen molar-refractivity contribution in [2.45, 2.75) is 44.3 Å². The van der Waals surface area contributed by atoms with Crippen molar-refractivity contribution < 1.29 is 8.42 Å². The minimum atomic E-state index is -3.14. The van der Waals surface area contributed by atoms with Gasteiger partial charge in [-0.15, -0.1) is 5.10 Å². The largest absolute Gasteiger partial charge is 0.294 e. The highest BCUT2D eigenvalue weighted by Crippen LogP contribution is 2.34. The van der Waals surface area contributed by atoms with E-state index in [2.05, 4.69) is 25.1 Å². The SMILES string of the molecule is CS(=O)(=O)N[C@@H]1CCCN(Cc2nnnn2C2CC2)C1. The Balaban J connectivity index is 1.61. The normalized spacial score (nSPS) is 24.9. The zero-order valence-corrected chi connectivity index (χ0v) is 12.4. The third kappa shape index (κ3) is 3.53. The maximum absolute atomic E-state index is 11.3. The number of nitrogens with one attached hydrogen (secondary N) is 1. The highest BCUT2D eigenvalue weighted by atomic mass is 32.2. The number of rotatable bonds is 5. The Labute approximate surface area is 118 Å². The Kier molecular flexibility index (Phi) is 3.74. The molecule has 8 nitrogen and oxygen atoms in total. The standard InChI is InChI=1S/C11H20N6O2S/c1-20(18,19)13-9-3-2-6-16(7-9)8-11-12-14-15-17(11)10-4-5-10/h9-10,13H,2-8H2,1H3/t9-/m1/s1. The van der Waals surface area contributed by atoms with Crippen LogP contribution in [0.1, 0.15) is 37.5 Å². The van der Waals surface area contributed by atoms with E-state index in [1.54, 1.807) is 0 Å². The molecule has 1 aliphatic carbocycles. The molecule has 3 rings (SSSR count). The van der Waals surface area contributed by atoms with E-state index < -0.39 is 10.0 Å². The molecule has 1 aromatic heterocycles. The second kappa shape index (κ2) is 5.38. The number of aromatic nitrogens is 4. The fourth-order valence-corrected chi connectivity index (χ4v) is 3.52. The molecule has 20 heavy (non-hydrogen) atoms. The van der Waals surface area contributed by atoms with E-state index in [1.807, 2.05) is 4.68 Å². The average molecular weight is 300 g/mol. The van der Waals surface area contributed by atoms with Gasteiger partial charge in [0.15, 0.2) is 5.82 Å². The van der Waals surface area contributed by atoms with E-state index in [4.69, 9.17) is 0 Å². The Morgan fingerprint density at radius 1 is 1.35 bits per heavy atom. The van der Waals surface area contributed by atoms with Crippen molar-refractivity contribution in [1.82, 2.24) is 29.8 Å². The van der Waals surface area contributed by atoms with E-state index >= 15 is 0 Å². The second-order valence-electron chi connectivity index (χ2n) is 5.74. The van der Waals surface area contributed by atoms with E-state index in [9.17, 15) is 8.42 Å². The first-order valence-corrected chi connectivity index (χ1v) is 8.87. The number of hydrogen-bond acceptors (Lipinski definition) is 6. The van der Waals surface area contributed by atoms with Crippen molar-refractivity contribution in [2.24, 2.45) is 0 Å². The van der Waals surface area contributed by atoms with Crippen LogP contribution in [0.15, 0.2) is 0 Å². The van der Waals surface area contributed by atoms with E-state index in [0.717, 1.165) is 38.1 Å². The number of nitrogens with zero attached hydrogens (tertiary/aromatic N) is 5. The molecule has 0 spiro atoms. The number of tetrazole rings is 1. The number of piperidine rings is 1. The van der Waals surface area contributed by atoms with Crippen LogP contribution in [0.4, 0.5) is 0 Å². The van der Waals surface area contributed by atoms with Gasteiger partial charge in [-0.1, -0.05) is 0 Å². The van der Waals surface area contributed by atoms with Crippen molar-refractivity contribution in [3.8, 4) is 0 Å². The first-order valence-electron chi connectivity index (χ1n) is 6.98. The molecule has 0 radical (unpaired) electrons. The zero-order chi connectivity index (χ0) is 14.2. The van der Waals surface area contributed by atoms with Crippen LogP contribution in [0.2, 0.25) is 0 Å². The lowest BCUT2D eigenvalue weighted by atomic mass is 10.1. The summed E-state index contributed by atoms with van der Waals surface area (Å²) in [4.78, 5) is 2.22. The molecule has 0 aromatic carbocycles. The van der Waals surface area contributed by atoms with Crippen LogP contribution in [0, 0.1) is 0 Å². The fraction of sp³-hybridized carbons (Fsp3) is 0.909. The molecule has 1 N–H and O–H groups in total. The van der Waals surface area contributed by atoms with Gasteiger partial charge < -0.3 is 0 Å². The van der Waals surface area contributed by atoms with Crippen molar-refractivity contribution in [3.05, 3.63) is 5.82 Å². The predicted molar refractivity (Wildman–Crippen MR) is 72.4 cm³/mol. The molecule has 1 atom stereocenters. The molecule has 2 fully saturated rings. The molecule has 1 aliphatic heterocycles. The van der Waals surface area contributed by atoms with Gasteiger partial charge in [0, 0.05) is 12.6 Å². The molecule has 9 heteroatoms. The van der Waals surface area contributed by atoms with Crippen LogP contribution in [0.25, 0.3) is 0 Å². The molecular formula is C11H20N6O2S. The minimum absolute atomic E-state index is 0.0102. The van der Waals surface area contributed by atoms with Crippen molar-refractivity contribution in [2.75, 3.05) is 19.3 Å². The van der Waals surface area contributed by atoms with E-state index in [0.29, 0.717) is 19.1 Å². The summed E-state index contributed by atoms with van der Waals surface area (Å²) in [5, 5.41) is 11.9. The summed E-state index contributed by atoms with van der Waals surface area (Å²) < 4.78 is 27.2. The van der Waals surface area contributed by atoms with Crippen LogP contribution in [-0.4, -0.2) is 58.9 Å². The van der Waals surface area contributed by atoms with Crippen molar-refractivity contribution in [3.63, 3.8) is 0 Å². The lowest BCUT2D eigenvalue weighted by Crippen LogP contribution is -2.47. The molecule has 2 aliphatic rings. The number of sulfonamides is 1. The summed E-state index contributed by atoms with van der Waals surface area (Å²) in [6.45, 7) is 2.36. The van der Waals surface area contributed by atoms with E-state index in [-0.39, 0.29) is 6.04 Å². The first-order chi connectivity index (χ1) is 9.51. The molecule has 1 aromatic rings. The van der Waals surface area contributed by atoms with Gasteiger partial charge in [-0.3, -0.25) is 4.90 Å². The highest BCUT2D eigenvalue weighted by Gasteiger charge is 2.29. The summed E-state index contributed by atoms with van der Waals surface area (Å²) in [6.07, 6.45) is 5.38. The summed E-state index contributed by atoms with van der Waals surface area (Å²) in [5.74, 6) is 0.882. The molecule has 0 bridgehead atoms. The first kappa shape index (κ1) is 13.9. The van der Waals surface area contributed by atoms with Gasteiger partial charge in [-0.25, -0.2) is 17.8 Å². The van der Waals surface area contributed by atoms with Gasteiger partial charge in [0.1, 0.15) is 0 Å². The number of hydrogen-bond donors (Lipinski definition) is 1. The highest BCUT2D eigenvalue weighted by molar-refractivity contribution is 7.88. The lowest BCUT2D eigenvalue weighted by molar-refractivity contribution is 0.187. The van der Waals surface area contributed by atoms with Gasteiger partial charge in [0.2, 0.25) is 10.0 Å². The van der Waals surface area contributed by atoms with Gasteiger partial charge in [0.25, 0.3) is 0 Å². The van der Waals surface area contributed by atoms with Gasteiger partial charge in [-0.2, -0.15) is 0 Å². The van der Waals surface area contributed by atoms with Gasteiger partial charge in [0.05, 0.1) is 18.8 Å². The van der Waals surface area contributed by atoms with Crippen LogP contribution in [0.3, 0.4) is 0 Å². The average Bonchev–Trinajstić information content (AvgIpc) is 3.09. The monoisotopic (exact) mass is 300 g/mol. The van der Waals surface area contributed by atoms with Crippen LogP contribution in [-0.2, 0) is 16.6 Å². The quantitative estimate of drug-likeness (QED) is 0.789. The van der Waals surface area contributed by atoms with Crippen LogP contribution >= 0.6 is 0 Å². The molecule has 1 saturated carbocycles. The Morgan fingerprint density at radius 2 is 2.15 bits per heavy atom. The summed E-state index contributed by atoms with van der Waals surface area (Å²) >= 11 is 0. The predicted octanol–water partition coefficient (Wildman–Crippen LogP) is -0.478. The molecule has 112 valence electrons. The fourth-order valence-electron chi connectivity index (χ4n) is 2.72. The summed E-state index contributed by atoms with van der Waals surface area (Å²) in [6, 6.07) is 0.457. The molecule has 1 saturated heterocycles. The Morgan fingerprint density at radius 3 is 2.85 bits per heavy atom. The second-order valence-corrected chi connectivity index (χ2v) is 7.52. The van der Waals surface area contributed by atoms with Crippen LogP contribution < -0.4 is 4.72 Å². The van der Waals surface area contributed by atoms with E-state index in [1.165, 1.54) is 6.26 Å². The summed E-state index contributed by atoms with van der Waals surface area (Å²) in [7, 11) is -3.14. The van der Waals surface area contributed by atoms with Crippen LogP contribution in [0.5, 0.6) is 0 Å². The van der Waals surface area contributed by atoms with Crippen molar-refractivity contribution >= 4 is 10.0 Å². The smallest absolute Gasteiger partial charge is 0.208 e. The number of likely N-dealkylation sites (tertiary alicyclic amines) is 1. The Bertz CT molecular complexity index is 567. The third-order valence-electron chi connectivity index (χ3n) is 3.71. The maximum atomic E-state index is 11.3. The molecule has 0 amide bonds. The Hall–Kier alpha value is -1.06. The maximum Gasteiger partial charge on any atom is 0.208 e. The zero-order valence-electron chi connectivity index (χ0n) is 11.6.